The van der Waals surface area contributed by atoms with E-state index in [1.54, 1.807) is 0 Å². The summed E-state index contributed by atoms with van der Waals surface area (Å²) >= 11 is 1.90. The maximum atomic E-state index is 9.71. The van der Waals surface area contributed by atoms with Crippen LogP contribution in [-0.4, -0.2) is 48.8 Å². The van der Waals surface area contributed by atoms with Crippen LogP contribution in [-0.2, 0) is 0 Å². The summed E-state index contributed by atoms with van der Waals surface area (Å²) in [5.74, 6) is 1.19. The fourth-order valence-electron chi connectivity index (χ4n) is 2.74. The molecule has 0 heterocycles. The van der Waals surface area contributed by atoms with Gasteiger partial charge in [-0.1, -0.05) is 25.7 Å². The molecular formula is C13H27NOS. The first-order valence-electron chi connectivity index (χ1n) is 6.51. The Kier molecular flexibility index (Phi) is 6.78. The van der Waals surface area contributed by atoms with Crippen LogP contribution in [0.5, 0.6) is 0 Å². The molecule has 0 saturated heterocycles. The van der Waals surface area contributed by atoms with Gasteiger partial charge in [0.1, 0.15) is 0 Å². The van der Waals surface area contributed by atoms with Gasteiger partial charge < -0.3 is 10.0 Å². The van der Waals surface area contributed by atoms with Gasteiger partial charge in [0.2, 0.25) is 0 Å². The second-order valence-corrected chi connectivity index (χ2v) is 6.29. The first-order valence-corrected chi connectivity index (χ1v) is 7.90. The second-order valence-electron chi connectivity index (χ2n) is 5.30. The highest BCUT2D eigenvalue weighted by atomic mass is 32.2. The van der Waals surface area contributed by atoms with Crippen LogP contribution in [0.2, 0.25) is 0 Å². The van der Waals surface area contributed by atoms with Crippen molar-refractivity contribution in [3.63, 3.8) is 0 Å². The van der Waals surface area contributed by atoms with Gasteiger partial charge in [-0.05, 0) is 26.1 Å². The lowest BCUT2D eigenvalue weighted by atomic mass is 9.80. The van der Waals surface area contributed by atoms with E-state index in [1.165, 1.54) is 44.3 Å². The minimum Gasteiger partial charge on any atom is -0.396 e. The molecule has 0 aromatic rings. The number of nitrogens with zero attached hydrogens (tertiary/aromatic N) is 1. The third kappa shape index (κ3) is 4.64. The van der Waals surface area contributed by atoms with Crippen molar-refractivity contribution in [3.8, 4) is 0 Å². The van der Waals surface area contributed by atoms with Crippen molar-refractivity contribution < 1.29 is 5.11 Å². The maximum absolute atomic E-state index is 9.71. The van der Waals surface area contributed by atoms with E-state index < -0.39 is 0 Å². The van der Waals surface area contributed by atoms with E-state index in [0.29, 0.717) is 6.61 Å². The molecule has 0 amide bonds. The molecule has 1 aliphatic carbocycles. The van der Waals surface area contributed by atoms with Crippen molar-refractivity contribution in [1.29, 1.82) is 0 Å². The molecule has 0 unspecified atom stereocenters. The Morgan fingerprint density at radius 1 is 1.19 bits per heavy atom. The molecule has 96 valence electrons. The van der Waals surface area contributed by atoms with E-state index in [4.69, 9.17) is 0 Å². The molecule has 0 spiro atoms. The number of aliphatic hydroxyl groups is 1. The van der Waals surface area contributed by atoms with Crippen LogP contribution in [0.1, 0.15) is 38.5 Å². The zero-order valence-electron chi connectivity index (χ0n) is 10.9. The molecule has 1 rings (SSSR count). The quantitative estimate of drug-likeness (QED) is 0.728. The Morgan fingerprint density at radius 3 is 2.31 bits per heavy atom. The number of hydrogen-bond donors (Lipinski definition) is 1. The molecule has 0 aliphatic heterocycles. The average Bonchev–Trinajstić information content (AvgIpc) is 2.52. The fraction of sp³-hybridized carbons (Fsp3) is 1.00. The molecule has 2 nitrogen and oxygen atoms in total. The third-order valence-electron chi connectivity index (χ3n) is 3.78. The van der Waals surface area contributed by atoms with E-state index in [1.807, 2.05) is 11.8 Å². The van der Waals surface area contributed by atoms with Crippen molar-refractivity contribution in [2.24, 2.45) is 5.41 Å². The zero-order chi connectivity index (χ0) is 11.9. The number of aliphatic hydroxyl groups excluding tert-OH is 1. The normalized spacial score (nSPS) is 21.0. The predicted octanol–water partition coefficient (Wildman–Crippen LogP) is 2.61. The summed E-state index contributed by atoms with van der Waals surface area (Å²) in [6, 6.07) is 0. The summed E-state index contributed by atoms with van der Waals surface area (Å²) in [5.41, 5.74) is 0.198. The second kappa shape index (κ2) is 7.57. The van der Waals surface area contributed by atoms with Crippen molar-refractivity contribution in [3.05, 3.63) is 0 Å². The Labute approximate surface area is 105 Å². The van der Waals surface area contributed by atoms with Crippen LogP contribution in [0.3, 0.4) is 0 Å². The summed E-state index contributed by atoms with van der Waals surface area (Å²) in [5, 5.41) is 9.71. The highest BCUT2D eigenvalue weighted by Crippen LogP contribution is 2.35. The molecular weight excluding hydrogens is 218 g/mol. The minimum atomic E-state index is 0.198. The Morgan fingerprint density at radius 2 is 1.81 bits per heavy atom. The number of hydrogen-bond acceptors (Lipinski definition) is 3. The Hall–Kier alpha value is 0.270. The molecule has 16 heavy (non-hydrogen) atoms. The first kappa shape index (κ1) is 14.3. The topological polar surface area (TPSA) is 23.5 Å². The monoisotopic (exact) mass is 245 g/mol. The number of thioether (sulfide) groups is 1. The van der Waals surface area contributed by atoms with E-state index in [-0.39, 0.29) is 5.41 Å². The van der Waals surface area contributed by atoms with Crippen molar-refractivity contribution in [2.75, 3.05) is 38.8 Å². The molecule has 3 heteroatoms. The van der Waals surface area contributed by atoms with Crippen molar-refractivity contribution >= 4 is 11.8 Å². The molecule has 0 radical (unpaired) electrons. The van der Waals surface area contributed by atoms with Crippen LogP contribution >= 0.6 is 11.8 Å². The molecule has 0 aromatic carbocycles. The lowest BCUT2D eigenvalue weighted by Crippen LogP contribution is -2.39. The van der Waals surface area contributed by atoms with Gasteiger partial charge in [-0.25, -0.2) is 0 Å². The summed E-state index contributed by atoms with van der Waals surface area (Å²) in [7, 11) is 2.19. The third-order valence-corrected chi connectivity index (χ3v) is 4.37. The van der Waals surface area contributed by atoms with E-state index in [2.05, 4.69) is 18.2 Å². The largest absolute Gasteiger partial charge is 0.396 e. The Bertz CT molecular complexity index is 179. The summed E-state index contributed by atoms with van der Waals surface area (Å²) in [6.45, 7) is 2.59. The molecule has 0 bridgehead atoms. The highest BCUT2D eigenvalue weighted by molar-refractivity contribution is 7.98. The van der Waals surface area contributed by atoms with Crippen LogP contribution < -0.4 is 0 Å². The molecule has 0 atom stereocenters. The standard InChI is InChI=1S/C13H27NOS/c1-14(9-10-16-2)11-13(12-15)7-5-3-4-6-8-13/h15H,3-12H2,1-2H3. The van der Waals surface area contributed by atoms with Gasteiger partial charge in [0.15, 0.2) is 0 Å². The summed E-state index contributed by atoms with van der Waals surface area (Å²) in [4.78, 5) is 2.40. The van der Waals surface area contributed by atoms with Crippen LogP contribution in [0.15, 0.2) is 0 Å². The minimum absolute atomic E-state index is 0.198. The van der Waals surface area contributed by atoms with Gasteiger partial charge in [-0.15, -0.1) is 0 Å². The number of rotatable bonds is 6. The van der Waals surface area contributed by atoms with Crippen molar-refractivity contribution in [2.45, 2.75) is 38.5 Å². The maximum Gasteiger partial charge on any atom is 0.0499 e. The predicted molar refractivity (Wildman–Crippen MR) is 73.1 cm³/mol. The van der Waals surface area contributed by atoms with Crippen LogP contribution in [0, 0.1) is 5.41 Å². The van der Waals surface area contributed by atoms with E-state index in [0.717, 1.165) is 13.1 Å². The van der Waals surface area contributed by atoms with E-state index in [9.17, 15) is 5.11 Å². The molecule has 1 aliphatic rings. The van der Waals surface area contributed by atoms with Gasteiger partial charge in [0, 0.05) is 30.9 Å². The van der Waals surface area contributed by atoms with E-state index >= 15 is 0 Å². The van der Waals surface area contributed by atoms with Gasteiger partial charge in [0.25, 0.3) is 0 Å². The lowest BCUT2D eigenvalue weighted by molar-refractivity contribution is 0.0708. The summed E-state index contributed by atoms with van der Waals surface area (Å²) in [6.07, 6.45) is 9.90. The average molecular weight is 245 g/mol. The van der Waals surface area contributed by atoms with Crippen molar-refractivity contribution in [1.82, 2.24) is 4.90 Å². The van der Waals surface area contributed by atoms with Gasteiger partial charge >= 0.3 is 0 Å². The smallest absolute Gasteiger partial charge is 0.0499 e. The van der Waals surface area contributed by atoms with Gasteiger partial charge in [0.05, 0.1) is 0 Å². The summed E-state index contributed by atoms with van der Waals surface area (Å²) < 4.78 is 0. The molecule has 1 fully saturated rings. The van der Waals surface area contributed by atoms with Crippen LogP contribution in [0.4, 0.5) is 0 Å². The molecule has 0 aromatic heterocycles. The zero-order valence-corrected chi connectivity index (χ0v) is 11.7. The van der Waals surface area contributed by atoms with Gasteiger partial charge in [-0.2, -0.15) is 11.8 Å². The SMILES string of the molecule is CSCCN(C)CC1(CO)CCCCCC1. The molecule has 1 N–H and O–H groups in total. The van der Waals surface area contributed by atoms with Crippen LogP contribution in [0.25, 0.3) is 0 Å². The highest BCUT2D eigenvalue weighted by Gasteiger charge is 2.31. The first-order chi connectivity index (χ1) is 7.72. The Balaban J connectivity index is 2.43. The van der Waals surface area contributed by atoms with Gasteiger partial charge in [-0.3, -0.25) is 0 Å². The fourth-order valence-corrected chi connectivity index (χ4v) is 3.24. The molecule has 1 saturated carbocycles. The lowest BCUT2D eigenvalue weighted by Gasteiger charge is -2.35.